The lowest BCUT2D eigenvalue weighted by Gasteiger charge is -2.64. The fraction of sp³-hybridized carbons (Fsp3) is 0.529. The number of phenols is 3. The molecule has 0 amide bonds. The maximum absolute atomic E-state index is 12.1. The standard InChI is InChI=1S/C17H20O7/c1-8-3-11(18)10-6-17(8,23)16(10,2)7-24-15(22)9-4-12(19)14(21)13(20)5-9/h4-5,8,10,19-21,23H,3,6-7H2,1-2H3/t8-,10-,16-,17-/m1/s1. The number of phenolic OH excluding ortho intramolecular Hbond substituents is 3. The van der Waals surface area contributed by atoms with Gasteiger partial charge < -0.3 is 25.2 Å². The van der Waals surface area contributed by atoms with Gasteiger partial charge in [-0.2, -0.15) is 0 Å². The summed E-state index contributed by atoms with van der Waals surface area (Å²) in [4.78, 5) is 24.2. The molecule has 7 nitrogen and oxygen atoms in total. The van der Waals surface area contributed by atoms with E-state index in [4.69, 9.17) is 4.74 Å². The molecule has 4 atom stereocenters. The van der Waals surface area contributed by atoms with Gasteiger partial charge in [0.1, 0.15) is 12.4 Å². The second-order valence-electron chi connectivity index (χ2n) is 7.11. The van der Waals surface area contributed by atoms with E-state index in [-0.39, 0.29) is 29.8 Å². The van der Waals surface area contributed by atoms with E-state index < -0.39 is 34.2 Å². The van der Waals surface area contributed by atoms with Crippen LogP contribution in [-0.2, 0) is 9.53 Å². The molecule has 4 N–H and O–H groups in total. The molecule has 0 aliphatic heterocycles. The Bertz CT molecular complexity index is 705. The van der Waals surface area contributed by atoms with E-state index in [9.17, 15) is 30.0 Å². The summed E-state index contributed by atoms with van der Waals surface area (Å²) in [6.07, 6.45) is 0.701. The molecule has 0 aromatic heterocycles. The first-order valence-corrected chi connectivity index (χ1v) is 7.77. The minimum Gasteiger partial charge on any atom is -0.504 e. The Morgan fingerprint density at radius 2 is 1.88 bits per heavy atom. The Hall–Kier alpha value is -2.28. The first-order chi connectivity index (χ1) is 11.1. The predicted molar refractivity (Wildman–Crippen MR) is 81.7 cm³/mol. The number of hydrogen-bond donors (Lipinski definition) is 4. The van der Waals surface area contributed by atoms with E-state index in [2.05, 4.69) is 0 Å². The molecule has 1 aromatic carbocycles. The fourth-order valence-corrected chi connectivity index (χ4v) is 4.03. The number of fused-ring (bicyclic) bond motifs is 2. The Morgan fingerprint density at radius 1 is 1.29 bits per heavy atom. The third kappa shape index (κ3) is 2.07. The maximum atomic E-state index is 12.1. The number of carbonyl (C=O) groups is 2. The molecule has 130 valence electrons. The average Bonchev–Trinajstić information content (AvgIpc) is 2.52. The molecule has 0 heterocycles. The molecular weight excluding hydrogens is 316 g/mol. The SMILES string of the molecule is C[C@@H]1CC(=O)[C@H]2C[C@]1(O)[C@]2(C)COC(=O)c1cc(O)c(O)c(O)c1. The van der Waals surface area contributed by atoms with E-state index in [0.29, 0.717) is 12.8 Å². The van der Waals surface area contributed by atoms with Gasteiger partial charge in [0.2, 0.25) is 0 Å². The van der Waals surface area contributed by atoms with Gasteiger partial charge in [-0.3, -0.25) is 4.79 Å². The van der Waals surface area contributed by atoms with Gasteiger partial charge in [0.15, 0.2) is 17.2 Å². The van der Waals surface area contributed by atoms with Crippen molar-refractivity contribution in [3.05, 3.63) is 17.7 Å². The molecule has 0 spiro atoms. The Balaban J connectivity index is 1.76. The number of aromatic hydroxyl groups is 3. The van der Waals surface area contributed by atoms with E-state index in [1.807, 2.05) is 6.92 Å². The molecule has 4 rings (SSSR count). The van der Waals surface area contributed by atoms with Crippen LogP contribution in [-0.4, -0.2) is 44.4 Å². The minimum atomic E-state index is -1.05. The summed E-state index contributed by atoms with van der Waals surface area (Å²) in [6.45, 7) is 3.39. The smallest absolute Gasteiger partial charge is 0.338 e. The van der Waals surface area contributed by atoms with Crippen LogP contribution in [0.25, 0.3) is 0 Å². The highest BCUT2D eigenvalue weighted by Gasteiger charge is 2.70. The number of Topliss-reactive ketones (excluding diaryl/α,β-unsaturated/α-hetero) is 1. The molecule has 3 saturated carbocycles. The molecule has 0 radical (unpaired) electrons. The van der Waals surface area contributed by atoms with Crippen molar-refractivity contribution in [1.29, 1.82) is 0 Å². The summed E-state index contributed by atoms with van der Waals surface area (Å²) in [6, 6.07) is 1.95. The second-order valence-corrected chi connectivity index (χ2v) is 7.11. The second kappa shape index (κ2) is 5.11. The van der Waals surface area contributed by atoms with Crippen LogP contribution in [0.15, 0.2) is 12.1 Å². The zero-order valence-corrected chi connectivity index (χ0v) is 13.4. The number of ether oxygens (including phenoxy) is 1. The van der Waals surface area contributed by atoms with Crippen LogP contribution < -0.4 is 0 Å². The lowest BCUT2D eigenvalue weighted by atomic mass is 9.42. The summed E-state index contributed by atoms with van der Waals surface area (Å²) >= 11 is 0. The summed E-state index contributed by atoms with van der Waals surface area (Å²) in [5.41, 5.74) is -2.04. The Morgan fingerprint density at radius 3 is 2.42 bits per heavy atom. The fourth-order valence-electron chi connectivity index (χ4n) is 4.03. The Kier molecular flexibility index (Phi) is 3.53. The Labute approximate surface area is 138 Å². The van der Waals surface area contributed by atoms with Crippen LogP contribution >= 0.6 is 0 Å². The first kappa shape index (κ1) is 16.6. The molecule has 0 saturated heterocycles. The third-order valence-electron chi connectivity index (χ3n) is 5.79. The van der Waals surface area contributed by atoms with Crippen molar-refractivity contribution in [1.82, 2.24) is 0 Å². The van der Waals surface area contributed by atoms with E-state index in [1.54, 1.807) is 6.92 Å². The van der Waals surface area contributed by atoms with E-state index in [0.717, 1.165) is 12.1 Å². The monoisotopic (exact) mass is 336 g/mol. The van der Waals surface area contributed by atoms with Gasteiger partial charge in [-0.25, -0.2) is 4.79 Å². The average molecular weight is 336 g/mol. The van der Waals surface area contributed by atoms with Crippen molar-refractivity contribution in [3.63, 3.8) is 0 Å². The highest BCUT2D eigenvalue weighted by molar-refractivity contribution is 5.91. The maximum Gasteiger partial charge on any atom is 0.338 e. The van der Waals surface area contributed by atoms with Crippen molar-refractivity contribution < 1.29 is 34.8 Å². The molecule has 7 heteroatoms. The number of rotatable bonds is 3. The van der Waals surface area contributed by atoms with Crippen LogP contribution in [0.5, 0.6) is 17.2 Å². The van der Waals surface area contributed by atoms with Gasteiger partial charge in [-0.15, -0.1) is 0 Å². The van der Waals surface area contributed by atoms with Gasteiger partial charge in [-0.05, 0) is 24.5 Å². The van der Waals surface area contributed by atoms with Gasteiger partial charge >= 0.3 is 5.97 Å². The van der Waals surface area contributed by atoms with Crippen molar-refractivity contribution in [2.75, 3.05) is 6.61 Å². The van der Waals surface area contributed by atoms with Crippen LogP contribution in [0.2, 0.25) is 0 Å². The van der Waals surface area contributed by atoms with E-state index >= 15 is 0 Å². The van der Waals surface area contributed by atoms with Crippen LogP contribution in [0.1, 0.15) is 37.0 Å². The minimum absolute atomic E-state index is 0.0666. The lowest BCUT2D eigenvalue weighted by molar-refractivity contribution is -0.258. The van der Waals surface area contributed by atoms with Gasteiger partial charge in [0.25, 0.3) is 0 Å². The normalized spacial score (nSPS) is 34.5. The number of benzene rings is 1. The van der Waals surface area contributed by atoms with Gasteiger partial charge in [-0.1, -0.05) is 13.8 Å². The molecular formula is C17H20O7. The molecule has 0 unspecified atom stereocenters. The number of esters is 1. The topological polar surface area (TPSA) is 124 Å². The molecule has 3 aliphatic rings. The molecule has 3 fully saturated rings. The molecule has 1 aromatic rings. The van der Waals surface area contributed by atoms with Gasteiger partial charge in [0, 0.05) is 17.8 Å². The zero-order chi connectivity index (χ0) is 17.9. The summed E-state index contributed by atoms with van der Waals surface area (Å²) < 4.78 is 5.23. The van der Waals surface area contributed by atoms with Crippen molar-refractivity contribution in [2.24, 2.45) is 17.3 Å². The molecule has 3 aliphatic carbocycles. The van der Waals surface area contributed by atoms with Crippen LogP contribution in [0, 0.1) is 17.3 Å². The number of ketones is 1. The summed E-state index contributed by atoms with van der Waals surface area (Å²) in [5.74, 6) is -3.31. The number of carbonyl (C=O) groups excluding carboxylic acids is 2. The first-order valence-electron chi connectivity index (χ1n) is 7.77. The van der Waals surface area contributed by atoms with Crippen LogP contribution in [0.3, 0.4) is 0 Å². The number of hydrogen-bond acceptors (Lipinski definition) is 7. The van der Waals surface area contributed by atoms with Gasteiger partial charge in [0.05, 0.1) is 11.2 Å². The highest BCUT2D eigenvalue weighted by Crippen LogP contribution is 2.62. The van der Waals surface area contributed by atoms with Crippen molar-refractivity contribution in [2.45, 2.75) is 32.3 Å². The van der Waals surface area contributed by atoms with Crippen molar-refractivity contribution in [3.8, 4) is 17.2 Å². The molecule has 24 heavy (non-hydrogen) atoms. The van der Waals surface area contributed by atoms with Crippen molar-refractivity contribution >= 4 is 11.8 Å². The molecule has 2 bridgehead atoms. The zero-order valence-electron chi connectivity index (χ0n) is 13.4. The summed E-state index contributed by atoms with van der Waals surface area (Å²) in [5, 5.41) is 39.0. The highest BCUT2D eigenvalue weighted by atomic mass is 16.5. The lowest BCUT2D eigenvalue weighted by Crippen LogP contribution is -2.72. The van der Waals surface area contributed by atoms with Crippen LogP contribution in [0.4, 0.5) is 0 Å². The third-order valence-corrected chi connectivity index (χ3v) is 5.79. The summed E-state index contributed by atoms with van der Waals surface area (Å²) in [7, 11) is 0. The van der Waals surface area contributed by atoms with E-state index in [1.165, 1.54) is 0 Å². The largest absolute Gasteiger partial charge is 0.504 e. The number of aliphatic hydroxyl groups is 1. The quantitative estimate of drug-likeness (QED) is 0.485. The predicted octanol–water partition coefficient (Wildman–Crippen LogP) is 1.33.